The Bertz CT molecular complexity index is 580. The van der Waals surface area contributed by atoms with Gasteiger partial charge in [0.15, 0.2) is 5.82 Å². The molecule has 2 unspecified atom stereocenters. The maximum atomic E-state index is 11.1. The molecule has 0 radical (unpaired) electrons. The predicted molar refractivity (Wildman–Crippen MR) is 65.4 cm³/mol. The summed E-state index contributed by atoms with van der Waals surface area (Å²) >= 11 is 0. The molecule has 6 nitrogen and oxygen atoms in total. The van der Waals surface area contributed by atoms with Crippen LogP contribution in [0.4, 0.5) is 5.82 Å². The Kier molecular flexibility index (Phi) is 2.62. The minimum atomic E-state index is -0.731. The van der Waals surface area contributed by atoms with Crippen LogP contribution in [-0.4, -0.2) is 31.7 Å². The second-order valence-electron chi connectivity index (χ2n) is 4.56. The maximum absolute atomic E-state index is 11.1. The highest BCUT2D eigenvalue weighted by Crippen LogP contribution is 2.29. The highest BCUT2D eigenvalue weighted by Gasteiger charge is 2.33. The minimum absolute atomic E-state index is 0.0453. The molecule has 3 rings (SSSR count). The van der Waals surface area contributed by atoms with Gasteiger partial charge in [0, 0.05) is 18.4 Å². The zero-order valence-corrected chi connectivity index (χ0v) is 9.78. The first-order valence-corrected chi connectivity index (χ1v) is 6.03. The van der Waals surface area contributed by atoms with Crippen molar-refractivity contribution in [3.05, 3.63) is 24.7 Å². The molecule has 6 heteroatoms. The lowest BCUT2D eigenvalue weighted by atomic mass is 10.0. The number of aliphatic carboxylic acids is 1. The number of carbonyl (C=O) groups is 1. The van der Waals surface area contributed by atoms with Crippen LogP contribution in [-0.2, 0) is 4.79 Å². The van der Waals surface area contributed by atoms with Crippen LogP contribution in [0.3, 0.4) is 0 Å². The van der Waals surface area contributed by atoms with Crippen molar-refractivity contribution >= 4 is 17.3 Å². The fourth-order valence-corrected chi connectivity index (χ4v) is 2.57. The van der Waals surface area contributed by atoms with Crippen molar-refractivity contribution < 1.29 is 9.90 Å². The van der Waals surface area contributed by atoms with E-state index in [9.17, 15) is 4.79 Å². The zero-order valence-electron chi connectivity index (χ0n) is 9.78. The number of carboxylic acid groups (broad SMARTS) is 1. The van der Waals surface area contributed by atoms with E-state index in [1.54, 1.807) is 23.1 Å². The van der Waals surface area contributed by atoms with Crippen molar-refractivity contribution in [2.24, 2.45) is 5.92 Å². The molecule has 0 spiro atoms. The van der Waals surface area contributed by atoms with Gasteiger partial charge in [-0.2, -0.15) is 5.10 Å². The van der Waals surface area contributed by atoms with Gasteiger partial charge in [-0.25, -0.2) is 9.50 Å². The van der Waals surface area contributed by atoms with Gasteiger partial charge in [-0.3, -0.25) is 4.79 Å². The van der Waals surface area contributed by atoms with Gasteiger partial charge in [-0.15, -0.1) is 0 Å². The molecule has 1 aliphatic carbocycles. The molecule has 0 amide bonds. The number of carboxylic acids is 1. The van der Waals surface area contributed by atoms with E-state index in [0.717, 1.165) is 24.8 Å². The van der Waals surface area contributed by atoms with Crippen LogP contribution in [0.1, 0.15) is 19.3 Å². The number of anilines is 1. The highest BCUT2D eigenvalue weighted by atomic mass is 16.4. The topological polar surface area (TPSA) is 79.5 Å². The third kappa shape index (κ3) is 1.79. The van der Waals surface area contributed by atoms with Gasteiger partial charge in [-0.1, -0.05) is 6.42 Å². The maximum Gasteiger partial charge on any atom is 0.308 e. The predicted octanol–water partition coefficient (Wildman–Crippen LogP) is 1.39. The number of aromatic nitrogens is 3. The molecular weight excluding hydrogens is 232 g/mol. The van der Waals surface area contributed by atoms with Crippen molar-refractivity contribution in [2.75, 3.05) is 5.32 Å². The first kappa shape index (κ1) is 11.0. The van der Waals surface area contributed by atoms with E-state index in [0.29, 0.717) is 5.82 Å². The molecule has 0 aromatic carbocycles. The lowest BCUT2D eigenvalue weighted by Crippen LogP contribution is -2.30. The molecule has 2 aromatic rings. The van der Waals surface area contributed by atoms with Gasteiger partial charge in [0.25, 0.3) is 0 Å². The molecule has 0 bridgehead atoms. The molecule has 1 aliphatic rings. The van der Waals surface area contributed by atoms with E-state index >= 15 is 0 Å². The van der Waals surface area contributed by atoms with E-state index in [4.69, 9.17) is 5.11 Å². The summed E-state index contributed by atoms with van der Waals surface area (Å²) in [6.45, 7) is 0. The average Bonchev–Trinajstić information content (AvgIpc) is 2.96. The van der Waals surface area contributed by atoms with Crippen molar-refractivity contribution in [3.63, 3.8) is 0 Å². The number of rotatable bonds is 3. The van der Waals surface area contributed by atoms with Crippen LogP contribution in [0.5, 0.6) is 0 Å². The first-order valence-electron chi connectivity index (χ1n) is 6.03. The van der Waals surface area contributed by atoms with E-state index in [2.05, 4.69) is 15.4 Å². The molecule has 2 N–H and O–H groups in total. The Hall–Kier alpha value is -2.11. The molecule has 2 atom stereocenters. The number of fused-ring (bicyclic) bond motifs is 1. The summed E-state index contributed by atoms with van der Waals surface area (Å²) in [6, 6.07) is 1.82. The Morgan fingerprint density at radius 3 is 3.17 bits per heavy atom. The summed E-state index contributed by atoms with van der Waals surface area (Å²) in [5, 5.41) is 16.5. The van der Waals surface area contributed by atoms with Gasteiger partial charge in [0.1, 0.15) is 5.52 Å². The van der Waals surface area contributed by atoms with Crippen LogP contribution in [0.15, 0.2) is 24.7 Å². The smallest absolute Gasteiger partial charge is 0.308 e. The summed E-state index contributed by atoms with van der Waals surface area (Å²) in [4.78, 5) is 15.4. The third-order valence-electron chi connectivity index (χ3n) is 3.48. The lowest BCUT2D eigenvalue weighted by Gasteiger charge is -2.18. The molecule has 1 saturated carbocycles. The summed E-state index contributed by atoms with van der Waals surface area (Å²) < 4.78 is 1.72. The number of nitrogens with zero attached hydrogens (tertiary/aromatic N) is 3. The molecule has 18 heavy (non-hydrogen) atoms. The van der Waals surface area contributed by atoms with Gasteiger partial charge >= 0.3 is 5.97 Å². The molecule has 2 aromatic heterocycles. The Balaban J connectivity index is 1.88. The zero-order chi connectivity index (χ0) is 12.5. The van der Waals surface area contributed by atoms with Gasteiger partial charge in [0.05, 0.1) is 12.1 Å². The Labute approximate surface area is 104 Å². The van der Waals surface area contributed by atoms with E-state index in [1.807, 2.05) is 6.07 Å². The van der Waals surface area contributed by atoms with Crippen molar-refractivity contribution in [3.8, 4) is 0 Å². The van der Waals surface area contributed by atoms with Crippen molar-refractivity contribution in [2.45, 2.75) is 25.3 Å². The largest absolute Gasteiger partial charge is 0.481 e. The lowest BCUT2D eigenvalue weighted by molar-refractivity contribution is -0.141. The fourth-order valence-electron chi connectivity index (χ4n) is 2.57. The molecule has 1 fully saturated rings. The number of hydrogen-bond donors (Lipinski definition) is 2. The van der Waals surface area contributed by atoms with Crippen LogP contribution in [0, 0.1) is 5.92 Å². The quantitative estimate of drug-likeness (QED) is 0.855. The standard InChI is InChI=1S/C12H14N4O2/c17-12(18)8-2-1-3-9(8)15-11-10-4-5-14-16(10)7-6-13-11/h4-9H,1-3H2,(H,13,15)(H,17,18). The second kappa shape index (κ2) is 4.29. The van der Waals surface area contributed by atoms with E-state index in [-0.39, 0.29) is 12.0 Å². The first-order chi connectivity index (χ1) is 8.75. The molecular formula is C12H14N4O2. The van der Waals surface area contributed by atoms with Crippen LogP contribution in [0.2, 0.25) is 0 Å². The van der Waals surface area contributed by atoms with Gasteiger partial charge < -0.3 is 10.4 Å². The molecule has 0 saturated heterocycles. The summed E-state index contributed by atoms with van der Waals surface area (Å²) in [5.74, 6) is -0.353. The summed E-state index contributed by atoms with van der Waals surface area (Å²) in [5.41, 5.74) is 0.869. The molecule has 94 valence electrons. The van der Waals surface area contributed by atoms with E-state index < -0.39 is 5.97 Å². The van der Waals surface area contributed by atoms with Crippen LogP contribution >= 0.6 is 0 Å². The van der Waals surface area contributed by atoms with Crippen LogP contribution in [0.25, 0.3) is 5.52 Å². The summed E-state index contributed by atoms with van der Waals surface area (Å²) in [7, 11) is 0. The monoisotopic (exact) mass is 246 g/mol. The van der Waals surface area contributed by atoms with Gasteiger partial charge in [-0.05, 0) is 18.9 Å². The van der Waals surface area contributed by atoms with Crippen molar-refractivity contribution in [1.82, 2.24) is 14.6 Å². The number of hydrogen-bond acceptors (Lipinski definition) is 4. The second-order valence-corrected chi connectivity index (χ2v) is 4.56. The van der Waals surface area contributed by atoms with E-state index in [1.165, 1.54) is 0 Å². The normalized spacial score (nSPS) is 23.3. The SMILES string of the molecule is O=C(O)C1CCCC1Nc1nccn2nccc12. The third-order valence-corrected chi connectivity index (χ3v) is 3.48. The molecule has 0 aliphatic heterocycles. The Morgan fingerprint density at radius 1 is 1.44 bits per heavy atom. The average molecular weight is 246 g/mol. The van der Waals surface area contributed by atoms with Crippen LogP contribution < -0.4 is 5.32 Å². The highest BCUT2D eigenvalue weighted by molar-refractivity contribution is 5.73. The number of nitrogens with one attached hydrogen (secondary N) is 1. The minimum Gasteiger partial charge on any atom is -0.481 e. The Morgan fingerprint density at radius 2 is 2.33 bits per heavy atom. The van der Waals surface area contributed by atoms with Gasteiger partial charge in [0.2, 0.25) is 0 Å². The molecule has 2 heterocycles. The van der Waals surface area contributed by atoms with Crippen molar-refractivity contribution in [1.29, 1.82) is 0 Å². The summed E-state index contributed by atoms with van der Waals surface area (Å²) in [6.07, 6.45) is 7.67. The fraction of sp³-hybridized carbons (Fsp3) is 0.417.